The lowest BCUT2D eigenvalue weighted by atomic mass is 10.1. The number of nitrogens with zero attached hydrogens (tertiary/aromatic N) is 1. The molecule has 25 heavy (non-hydrogen) atoms. The molecule has 1 fully saturated rings. The first-order chi connectivity index (χ1) is 12.1. The number of carbonyl (C=O) groups is 2. The quantitative estimate of drug-likeness (QED) is 0.766. The molecule has 0 bridgehead atoms. The number of ether oxygens (including phenoxy) is 2. The number of rotatable bonds is 5. The minimum Gasteiger partial charge on any atom is -0.493 e. The molecule has 0 radical (unpaired) electrons. The van der Waals surface area contributed by atoms with E-state index in [-0.39, 0.29) is 17.8 Å². The van der Waals surface area contributed by atoms with Crippen LogP contribution in [0.3, 0.4) is 0 Å². The largest absolute Gasteiger partial charge is 0.493 e. The van der Waals surface area contributed by atoms with Crippen molar-refractivity contribution in [1.29, 1.82) is 0 Å². The van der Waals surface area contributed by atoms with Gasteiger partial charge in [-0.1, -0.05) is 11.6 Å². The Morgan fingerprint density at radius 3 is 2.48 bits per heavy atom. The molecule has 2 aromatic carbocycles. The van der Waals surface area contributed by atoms with Gasteiger partial charge in [0.25, 0.3) is 0 Å². The molecule has 0 spiro atoms. The third-order valence-corrected chi connectivity index (χ3v) is 4.36. The van der Waals surface area contributed by atoms with E-state index >= 15 is 0 Å². The van der Waals surface area contributed by atoms with E-state index in [9.17, 15) is 9.59 Å². The average molecular weight is 360 g/mol. The van der Waals surface area contributed by atoms with Gasteiger partial charge in [-0.15, -0.1) is 0 Å². The van der Waals surface area contributed by atoms with Gasteiger partial charge in [-0.25, -0.2) is 4.79 Å². The normalized spacial score (nSPS) is 16.8. The molecule has 1 aliphatic heterocycles. The third kappa shape index (κ3) is 4.12. The van der Waals surface area contributed by atoms with Crippen LogP contribution in [-0.2, 0) is 9.53 Å². The predicted molar refractivity (Wildman–Crippen MR) is 95.2 cm³/mol. The van der Waals surface area contributed by atoms with Crippen LogP contribution in [0.2, 0.25) is 5.02 Å². The molecule has 0 saturated carbocycles. The summed E-state index contributed by atoms with van der Waals surface area (Å²) < 4.78 is 10.4. The van der Waals surface area contributed by atoms with E-state index in [1.807, 2.05) is 12.1 Å². The molecular formula is C19H18ClNO4. The van der Waals surface area contributed by atoms with Crippen LogP contribution >= 0.6 is 11.6 Å². The van der Waals surface area contributed by atoms with Crippen molar-refractivity contribution in [2.75, 3.05) is 25.2 Å². The van der Waals surface area contributed by atoms with Gasteiger partial charge in [0.15, 0.2) is 0 Å². The molecule has 1 atom stereocenters. The Morgan fingerprint density at radius 2 is 1.84 bits per heavy atom. The summed E-state index contributed by atoms with van der Waals surface area (Å²) in [6.07, 6.45) is 0.447. The van der Waals surface area contributed by atoms with Crippen molar-refractivity contribution >= 4 is 29.2 Å². The Balaban J connectivity index is 1.56. The smallest absolute Gasteiger partial charge is 0.337 e. The van der Waals surface area contributed by atoms with Crippen molar-refractivity contribution in [3.8, 4) is 5.75 Å². The highest BCUT2D eigenvalue weighted by molar-refractivity contribution is 6.30. The van der Waals surface area contributed by atoms with Gasteiger partial charge in [-0.2, -0.15) is 0 Å². The molecule has 0 aromatic heterocycles. The van der Waals surface area contributed by atoms with Gasteiger partial charge in [0.05, 0.1) is 19.3 Å². The van der Waals surface area contributed by atoms with Crippen LogP contribution in [0.25, 0.3) is 0 Å². The molecule has 130 valence electrons. The third-order valence-electron chi connectivity index (χ3n) is 4.10. The second kappa shape index (κ2) is 7.57. The summed E-state index contributed by atoms with van der Waals surface area (Å²) in [5, 5.41) is 0.644. The molecule has 5 nitrogen and oxygen atoms in total. The first-order valence-electron chi connectivity index (χ1n) is 7.94. The van der Waals surface area contributed by atoms with E-state index in [4.69, 9.17) is 16.3 Å². The number of methoxy groups -OCH3 is 1. The fourth-order valence-corrected chi connectivity index (χ4v) is 2.91. The maximum absolute atomic E-state index is 12.2. The lowest BCUT2D eigenvalue weighted by Gasteiger charge is -2.17. The molecule has 1 saturated heterocycles. The van der Waals surface area contributed by atoms with Gasteiger partial charge in [-0.3, -0.25) is 4.79 Å². The van der Waals surface area contributed by atoms with E-state index in [1.54, 1.807) is 41.3 Å². The van der Waals surface area contributed by atoms with Gasteiger partial charge in [0.2, 0.25) is 5.91 Å². The lowest BCUT2D eigenvalue weighted by Crippen LogP contribution is -2.25. The Hall–Kier alpha value is -2.53. The molecule has 1 heterocycles. The number of amides is 1. The second-order valence-electron chi connectivity index (χ2n) is 5.88. The summed E-state index contributed by atoms with van der Waals surface area (Å²) >= 11 is 5.89. The highest BCUT2D eigenvalue weighted by Crippen LogP contribution is 2.27. The number of hydrogen-bond acceptors (Lipinski definition) is 4. The van der Waals surface area contributed by atoms with Crippen LogP contribution in [0.5, 0.6) is 5.75 Å². The van der Waals surface area contributed by atoms with Crippen LogP contribution < -0.4 is 9.64 Å². The molecule has 3 rings (SSSR count). The minimum atomic E-state index is -0.383. The highest BCUT2D eigenvalue weighted by Gasteiger charge is 2.31. The van der Waals surface area contributed by atoms with Crippen LogP contribution in [0.1, 0.15) is 16.8 Å². The molecule has 1 amide bonds. The summed E-state index contributed by atoms with van der Waals surface area (Å²) in [4.78, 5) is 25.4. The maximum atomic E-state index is 12.2. The van der Waals surface area contributed by atoms with Crippen LogP contribution in [0.15, 0.2) is 48.5 Å². The average Bonchev–Trinajstić information content (AvgIpc) is 3.01. The fourth-order valence-electron chi connectivity index (χ4n) is 2.78. The molecule has 0 unspecified atom stereocenters. The monoisotopic (exact) mass is 359 g/mol. The van der Waals surface area contributed by atoms with Crippen LogP contribution in [-0.4, -0.2) is 32.1 Å². The zero-order chi connectivity index (χ0) is 17.8. The summed E-state index contributed by atoms with van der Waals surface area (Å²) in [6.45, 7) is 1.05. The van der Waals surface area contributed by atoms with E-state index in [0.717, 1.165) is 5.69 Å². The number of hydrogen-bond donors (Lipinski definition) is 0. The Kier molecular flexibility index (Phi) is 5.24. The topological polar surface area (TPSA) is 55.8 Å². The first-order valence-corrected chi connectivity index (χ1v) is 8.31. The Labute approximate surface area is 151 Å². The Bertz CT molecular complexity index is 758. The summed E-state index contributed by atoms with van der Waals surface area (Å²) in [5.41, 5.74) is 1.32. The second-order valence-corrected chi connectivity index (χ2v) is 6.31. The van der Waals surface area contributed by atoms with E-state index in [0.29, 0.717) is 35.9 Å². The number of esters is 1. The van der Waals surface area contributed by atoms with Crippen LogP contribution in [0, 0.1) is 5.92 Å². The molecule has 0 N–H and O–H groups in total. The zero-order valence-electron chi connectivity index (χ0n) is 13.8. The van der Waals surface area contributed by atoms with Crippen molar-refractivity contribution in [1.82, 2.24) is 0 Å². The van der Waals surface area contributed by atoms with E-state index < -0.39 is 0 Å². The molecule has 0 aliphatic carbocycles. The van der Waals surface area contributed by atoms with E-state index in [2.05, 4.69) is 4.74 Å². The van der Waals surface area contributed by atoms with Crippen molar-refractivity contribution in [3.63, 3.8) is 0 Å². The van der Waals surface area contributed by atoms with Gasteiger partial charge in [0.1, 0.15) is 5.75 Å². The van der Waals surface area contributed by atoms with Crippen molar-refractivity contribution in [2.45, 2.75) is 6.42 Å². The molecular weight excluding hydrogens is 342 g/mol. The Morgan fingerprint density at radius 1 is 1.16 bits per heavy atom. The summed E-state index contributed by atoms with van der Waals surface area (Å²) in [5.74, 6) is 0.469. The molecule has 2 aromatic rings. The standard InChI is InChI=1S/C19H18ClNO4/c1-24-19(23)14-2-8-17(9-3-14)25-12-13-10-18(22)21(11-13)16-6-4-15(20)5-7-16/h2-9,13H,10-12H2,1H3/t13-/m1/s1. The van der Waals surface area contributed by atoms with Gasteiger partial charge < -0.3 is 14.4 Å². The fraction of sp³-hybridized carbons (Fsp3) is 0.263. The number of halogens is 1. The SMILES string of the molecule is COC(=O)c1ccc(OC[C@@H]2CC(=O)N(c3ccc(Cl)cc3)C2)cc1. The number of carbonyl (C=O) groups excluding carboxylic acids is 2. The number of benzene rings is 2. The van der Waals surface area contributed by atoms with Crippen molar-refractivity contribution in [3.05, 3.63) is 59.1 Å². The van der Waals surface area contributed by atoms with Crippen LogP contribution in [0.4, 0.5) is 5.69 Å². The van der Waals surface area contributed by atoms with Gasteiger partial charge in [0, 0.05) is 29.6 Å². The minimum absolute atomic E-state index is 0.0805. The van der Waals surface area contributed by atoms with Gasteiger partial charge >= 0.3 is 5.97 Å². The number of anilines is 1. The predicted octanol–water partition coefficient (Wildman–Crippen LogP) is 3.56. The van der Waals surface area contributed by atoms with Gasteiger partial charge in [-0.05, 0) is 48.5 Å². The zero-order valence-corrected chi connectivity index (χ0v) is 14.5. The first kappa shape index (κ1) is 17.3. The highest BCUT2D eigenvalue weighted by atomic mass is 35.5. The molecule has 1 aliphatic rings. The lowest BCUT2D eigenvalue weighted by molar-refractivity contribution is -0.117. The van der Waals surface area contributed by atoms with Crippen molar-refractivity contribution in [2.24, 2.45) is 5.92 Å². The van der Waals surface area contributed by atoms with E-state index in [1.165, 1.54) is 7.11 Å². The summed E-state index contributed by atoms with van der Waals surface area (Å²) in [6, 6.07) is 14.0. The molecule has 6 heteroatoms. The van der Waals surface area contributed by atoms with Crippen molar-refractivity contribution < 1.29 is 19.1 Å². The maximum Gasteiger partial charge on any atom is 0.337 e. The summed E-state index contributed by atoms with van der Waals surface area (Å²) in [7, 11) is 1.34.